The molecule has 0 saturated carbocycles. The molecule has 0 atom stereocenters. The van der Waals surface area contributed by atoms with Gasteiger partial charge in [-0.3, -0.25) is 0 Å². The van der Waals surface area contributed by atoms with E-state index in [1.807, 2.05) is 18.2 Å². The minimum absolute atomic E-state index is 0.338. The number of rotatable bonds is 3. The summed E-state index contributed by atoms with van der Waals surface area (Å²) in [5.74, 6) is 0.755. The van der Waals surface area contributed by atoms with Gasteiger partial charge >= 0.3 is 0 Å². The molecule has 0 fully saturated rings. The Hall–Kier alpha value is -1.62. The van der Waals surface area contributed by atoms with Crippen LogP contribution in [0.4, 0.5) is 15.9 Å². The van der Waals surface area contributed by atoms with Crippen LogP contribution in [0.1, 0.15) is 0 Å². The number of benzene rings is 1. The molecule has 1 aromatic heterocycles. The van der Waals surface area contributed by atoms with E-state index in [4.69, 9.17) is 4.74 Å². The lowest BCUT2D eigenvalue weighted by atomic mass is 10.3. The average Bonchev–Trinajstić information content (AvgIpc) is 2.31. The normalized spacial score (nSPS) is 10.1. The quantitative estimate of drug-likeness (QED) is 0.876. The summed E-state index contributed by atoms with van der Waals surface area (Å²) in [6.07, 6.45) is 0. The Morgan fingerprint density at radius 1 is 1.29 bits per heavy atom. The van der Waals surface area contributed by atoms with Gasteiger partial charge in [0.1, 0.15) is 22.0 Å². The van der Waals surface area contributed by atoms with Gasteiger partial charge < -0.3 is 10.1 Å². The van der Waals surface area contributed by atoms with Crippen LogP contribution in [0, 0.1) is 5.82 Å². The number of aromatic nitrogens is 1. The van der Waals surface area contributed by atoms with Crippen LogP contribution in [-0.2, 0) is 0 Å². The number of pyridine rings is 1. The Balaban J connectivity index is 2.29. The van der Waals surface area contributed by atoms with Crippen LogP contribution in [0.15, 0.2) is 41.0 Å². The molecule has 88 valence electrons. The lowest BCUT2D eigenvalue weighted by molar-refractivity contribution is 0.413. The SMILES string of the molecule is COc1cc(F)ccc1Nc1cccc(Br)n1. The number of hydrogen-bond acceptors (Lipinski definition) is 3. The van der Waals surface area contributed by atoms with Gasteiger partial charge in [-0.15, -0.1) is 0 Å². The van der Waals surface area contributed by atoms with Gasteiger partial charge in [0.15, 0.2) is 0 Å². The first kappa shape index (κ1) is 11.9. The molecule has 2 rings (SSSR count). The van der Waals surface area contributed by atoms with Gasteiger partial charge in [0.05, 0.1) is 12.8 Å². The molecule has 1 heterocycles. The molecular formula is C12H10BrFN2O. The molecule has 0 unspecified atom stereocenters. The van der Waals surface area contributed by atoms with Gasteiger partial charge in [-0.2, -0.15) is 0 Å². The zero-order valence-electron chi connectivity index (χ0n) is 9.08. The first-order valence-electron chi connectivity index (χ1n) is 4.92. The molecule has 1 aromatic carbocycles. The van der Waals surface area contributed by atoms with Crippen molar-refractivity contribution < 1.29 is 9.13 Å². The smallest absolute Gasteiger partial charge is 0.145 e. The molecule has 0 aliphatic rings. The predicted molar refractivity (Wildman–Crippen MR) is 68.2 cm³/mol. The van der Waals surface area contributed by atoms with Gasteiger partial charge in [0.25, 0.3) is 0 Å². The van der Waals surface area contributed by atoms with Crippen molar-refractivity contribution in [1.82, 2.24) is 4.98 Å². The number of anilines is 2. The fraction of sp³-hybridized carbons (Fsp3) is 0.0833. The van der Waals surface area contributed by atoms with Crippen molar-refractivity contribution >= 4 is 27.4 Å². The maximum atomic E-state index is 13.0. The number of ether oxygens (including phenoxy) is 1. The standard InChI is InChI=1S/C12H10BrFN2O/c1-17-10-7-8(14)5-6-9(10)15-12-4-2-3-11(13)16-12/h2-7H,1H3,(H,15,16). The molecule has 17 heavy (non-hydrogen) atoms. The second-order valence-corrected chi connectivity index (χ2v) is 4.13. The Morgan fingerprint density at radius 3 is 2.82 bits per heavy atom. The molecule has 3 nitrogen and oxygen atoms in total. The summed E-state index contributed by atoms with van der Waals surface area (Å²) >= 11 is 3.28. The van der Waals surface area contributed by atoms with Crippen LogP contribution in [-0.4, -0.2) is 12.1 Å². The molecule has 0 bridgehead atoms. The minimum Gasteiger partial charge on any atom is -0.494 e. The lowest BCUT2D eigenvalue weighted by Crippen LogP contribution is -1.97. The van der Waals surface area contributed by atoms with Crippen LogP contribution >= 0.6 is 15.9 Å². The van der Waals surface area contributed by atoms with Crippen LogP contribution in [0.2, 0.25) is 0 Å². The van der Waals surface area contributed by atoms with Crippen molar-refractivity contribution in [3.05, 3.63) is 46.8 Å². The summed E-state index contributed by atoms with van der Waals surface area (Å²) in [5, 5.41) is 3.06. The zero-order chi connectivity index (χ0) is 12.3. The van der Waals surface area contributed by atoms with Gasteiger partial charge in [-0.25, -0.2) is 9.37 Å². The van der Waals surface area contributed by atoms with Crippen molar-refractivity contribution in [3.63, 3.8) is 0 Å². The highest BCUT2D eigenvalue weighted by Gasteiger charge is 2.05. The molecule has 0 aliphatic carbocycles. The molecule has 0 radical (unpaired) electrons. The number of hydrogen-bond donors (Lipinski definition) is 1. The maximum absolute atomic E-state index is 13.0. The first-order valence-corrected chi connectivity index (χ1v) is 5.71. The summed E-state index contributed by atoms with van der Waals surface area (Å²) in [7, 11) is 1.49. The van der Waals surface area contributed by atoms with Gasteiger partial charge in [-0.1, -0.05) is 6.07 Å². The highest BCUT2D eigenvalue weighted by Crippen LogP contribution is 2.27. The fourth-order valence-electron chi connectivity index (χ4n) is 1.38. The van der Waals surface area contributed by atoms with Crippen molar-refractivity contribution in [2.75, 3.05) is 12.4 Å². The molecule has 1 N–H and O–H groups in total. The summed E-state index contributed by atoms with van der Waals surface area (Å²) in [4.78, 5) is 4.22. The van der Waals surface area contributed by atoms with Crippen LogP contribution in [0.3, 0.4) is 0 Å². The van der Waals surface area contributed by atoms with Crippen molar-refractivity contribution in [2.24, 2.45) is 0 Å². The van der Waals surface area contributed by atoms with Gasteiger partial charge in [0, 0.05) is 6.07 Å². The molecule has 0 amide bonds. The fourth-order valence-corrected chi connectivity index (χ4v) is 1.73. The van der Waals surface area contributed by atoms with E-state index in [0.29, 0.717) is 17.3 Å². The van der Waals surface area contributed by atoms with E-state index in [2.05, 4.69) is 26.2 Å². The zero-order valence-corrected chi connectivity index (χ0v) is 10.7. The first-order chi connectivity index (χ1) is 8.19. The van der Waals surface area contributed by atoms with Crippen LogP contribution < -0.4 is 10.1 Å². The molecule has 0 saturated heterocycles. The third-order valence-electron chi connectivity index (χ3n) is 2.14. The Morgan fingerprint density at radius 2 is 2.12 bits per heavy atom. The monoisotopic (exact) mass is 296 g/mol. The molecule has 5 heteroatoms. The Kier molecular flexibility index (Phi) is 3.58. The third kappa shape index (κ3) is 2.94. The molecule has 2 aromatic rings. The molecule has 0 spiro atoms. The second-order valence-electron chi connectivity index (χ2n) is 3.32. The largest absolute Gasteiger partial charge is 0.494 e. The highest BCUT2D eigenvalue weighted by atomic mass is 79.9. The van der Waals surface area contributed by atoms with Crippen LogP contribution in [0.25, 0.3) is 0 Å². The summed E-state index contributed by atoms with van der Waals surface area (Å²) in [6.45, 7) is 0. The minimum atomic E-state index is -0.338. The van der Waals surface area contributed by atoms with E-state index in [-0.39, 0.29) is 5.82 Å². The highest BCUT2D eigenvalue weighted by molar-refractivity contribution is 9.10. The van der Waals surface area contributed by atoms with E-state index in [0.717, 1.165) is 4.60 Å². The van der Waals surface area contributed by atoms with Gasteiger partial charge in [0.2, 0.25) is 0 Å². The third-order valence-corrected chi connectivity index (χ3v) is 2.58. The number of nitrogens with zero attached hydrogens (tertiary/aromatic N) is 1. The molecular weight excluding hydrogens is 287 g/mol. The van der Waals surface area contributed by atoms with Gasteiger partial charge in [-0.05, 0) is 40.2 Å². The lowest BCUT2D eigenvalue weighted by Gasteiger charge is -2.10. The van der Waals surface area contributed by atoms with E-state index in [9.17, 15) is 4.39 Å². The van der Waals surface area contributed by atoms with Crippen molar-refractivity contribution in [1.29, 1.82) is 0 Å². The number of methoxy groups -OCH3 is 1. The average molecular weight is 297 g/mol. The summed E-state index contributed by atoms with van der Waals surface area (Å²) in [6, 6.07) is 9.79. The number of nitrogens with one attached hydrogen (secondary N) is 1. The Labute approximate surface area is 107 Å². The van der Waals surface area contributed by atoms with Crippen LogP contribution in [0.5, 0.6) is 5.75 Å². The number of halogens is 2. The maximum Gasteiger partial charge on any atom is 0.145 e. The van der Waals surface area contributed by atoms with E-state index < -0.39 is 0 Å². The second kappa shape index (κ2) is 5.14. The van der Waals surface area contributed by atoms with E-state index in [1.54, 1.807) is 6.07 Å². The van der Waals surface area contributed by atoms with Crippen molar-refractivity contribution in [3.8, 4) is 5.75 Å². The Bertz CT molecular complexity index is 534. The summed E-state index contributed by atoms with van der Waals surface area (Å²) in [5.41, 5.74) is 0.666. The topological polar surface area (TPSA) is 34.1 Å². The predicted octanol–water partition coefficient (Wildman–Crippen LogP) is 3.74. The van der Waals surface area contributed by atoms with Crippen molar-refractivity contribution in [2.45, 2.75) is 0 Å². The molecule has 0 aliphatic heterocycles. The van der Waals surface area contributed by atoms with E-state index in [1.165, 1.54) is 19.2 Å². The van der Waals surface area contributed by atoms with E-state index >= 15 is 0 Å². The summed E-state index contributed by atoms with van der Waals surface area (Å²) < 4.78 is 18.8.